The zero-order chi connectivity index (χ0) is 18.2. The molecule has 0 spiro atoms. The van der Waals surface area contributed by atoms with Crippen molar-refractivity contribution < 1.29 is 29.3 Å². The van der Waals surface area contributed by atoms with Crippen LogP contribution in [0.15, 0.2) is 30.3 Å². The Balaban J connectivity index is 2.64. The summed E-state index contributed by atoms with van der Waals surface area (Å²) in [6, 6.07) is 8.86. The maximum atomic E-state index is 12.6. The molecule has 3 N–H and O–H groups in total. The standard InChI is InChI=1S/C17H25O6P/c1-13(24(22,23)12-14-8-4-2-5-9-14)15(17(20)21)10-6-3-7-11-16(18)19/h2,4-5,8-9,13,15H,3,6-7,10-12H2,1H3,(H,18,19)(H,20,21)(H,22,23). The predicted octanol–water partition coefficient (Wildman–Crippen LogP) is 3.58. The summed E-state index contributed by atoms with van der Waals surface area (Å²) in [6.45, 7) is 1.51. The molecule has 0 aliphatic rings. The molecule has 7 heteroatoms. The molecule has 1 aromatic carbocycles. The van der Waals surface area contributed by atoms with Crippen LogP contribution >= 0.6 is 7.37 Å². The Labute approximate surface area is 142 Å². The summed E-state index contributed by atoms with van der Waals surface area (Å²) in [5.74, 6) is -2.86. The summed E-state index contributed by atoms with van der Waals surface area (Å²) in [7, 11) is -3.66. The molecule has 0 amide bonds. The van der Waals surface area contributed by atoms with Gasteiger partial charge in [-0.3, -0.25) is 14.2 Å². The van der Waals surface area contributed by atoms with Gasteiger partial charge in [0.25, 0.3) is 0 Å². The molecule has 3 unspecified atom stereocenters. The predicted molar refractivity (Wildman–Crippen MR) is 91.3 cm³/mol. The van der Waals surface area contributed by atoms with Gasteiger partial charge in [0.15, 0.2) is 0 Å². The van der Waals surface area contributed by atoms with Gasteiger partial charge in [-0.25, -0.2) is 0 Å². The molecule has 0 bridgehead atoms. The van der Waals surface area contributed by atoms with E-state index in [-0.39, 0.29) is 19.0 Å². The van der Waals surface area contributed by atoms with E-state index in [1.54, 1.807) is 24.3 Å². The van der Waals surface area contributed by atoms with Crippen molar-refractivity contribution in [1.82, 2.24) is 0 Å². The Morgan fingerprint density at radius 1 is 1.08 bits per heavy atom. The maximum absolute atomic E-state index is 12.6. The third-order valence-electron chi connectivity index (χ3n) is 4.19. The highest BCUT2D eigenvalue weighted by Crippen LogP contribution is 2.53. The minimum absolute atomic E-state index is 0.0438. The van der Waals surface area contributed by atoms with Gasteiger partial charge in [0.2, 0.25) is 7.37 Å². The monoisotopic (exact) mass is 356 g/mol. The molecule has 0 fully saturated rings. The SMILES string of the molecule is CC(C(CCCCCC(=O)O)C(=O)O)P(=O)(O)Cc1ccccc1. The Morgan fingerprint density at radius 2 is 1.71 bits per heavy atom. The lowest BCUT2D eigenvalue weighted by Gasteiger charge is -2.25. The fraction of sp³-hybridized carbons (Fsp3) is 0.529. The Bertz CT molecular complexity index is 586. The van der Waals surface area contributed by atoms with Crippen LogP contribution in [0, 0.1) is 5.92 Å². The maximum Gasteiger partial charge on any atom is 0.307 e. The minimum Gasteiger partial charge on any atom is -0.481 e. The molecule has 0 radical (unpaired) electrons. The molecule has 0 heterocycles. The number of unbranched alkanes of at least 4 members (excludes halogenated alkanes) is 2. The third-order valence-corrected chi connectivity index (χ3v) is 6.64. The second-order valence-electron chi connectivity index (χ2n) is 6.08. The van der Waals surface area contributed by atoms with Crippen LogP contribution in [0.3, 0.4) is 0 Å². The number of carboxylic acid groups (broad SMARTS) is 2. The van der Waals surface area contributed by atoms with Crippen LogP contribution in [-0.2, 0) is 20.3 Å². The first-order chi connectivity index (χ1) is 11.2. The number of rotatable bonds is 11. The lowest BCUT2D eigenvalue weighted by Crippen LogP contribution is -2.26. The fourth-order valence-corrected chi connectivity index (χ4v) is 4.52. The van der Waals surface area contributed by atoms with E-state index >= 15 is 0 Å². The minimum atomic E-state index is -3.66. The molecule has 24 heavy (non-hydrogen) atoms. The largest absolute Gasteiger partial charge is 0.481 e. The summed E-state index contributed by atoms with van der Waals surface area (Å²) in [5, 5.41) is 18.0. The van der Waals surface area contributed by atoms with Crippen molar-refractivity contribution in [3.63, 3.8) is 0 Å². The van der Waals surface area contributed by atoms with Crippen LogP contribution in [-0.4, -0.2) is 32.7 Å². The molecule has 0 saturated carbocycles. The topological polar surface area (TPSA) is 112 Å². The summed E-state index contributed by atoms with van der Waals surface area (Å²) in [4.78, 5) is 32.3. The van der Waals surface area contributed by atoms with Crippen LogP contribution in [0.2, 0.25) is 0 Å². The quantitative estimate of drug-likeness (QED) is 0.413. The highest BCUT2D eigenvalue weighted by atomic mass is 31.2. The van der Waals surface area contributed by atoms with Crippen molar-refractivity contribution in [2.24, 2.45) is 5.92 Å². The lowest BCUT2D eigenvalue weighted by atomic mass is 9.98. The molecular formula is C17H25O6P. The van der Waals surface area contributed by atoms with Crippen molar-refractivity contribution in [2.45, 2.75) is 50.8 Å². The molecule has 1 rings (SSSR count). The Morgan fingerprint density at radius 3 is 2.25 bits per heavy atom. The van der Waals surface area contributed by atoms with E-state index in [0.29, 0.717) is 24.8 Å². The van der Waals surface area contributed by atoms with Gasteiger partial charge in [-0.1, -0.05) is 50.1 Å². The van der Waals surface area contributed by atoms with Gasteiger partial charge in [-0.05, 0) is 18.4 Å². The summed E-state index contributed by atoms with van der Waals surface area (Å²) in [5.41, 5.74) is -0.143. The van der Waals surface area contributed by atoms with Crippen LogP contribution in [0.5, 0.6) is 0 Å². The van der Waals surface area contributed by atoms with Gasteiger partial charge in [0.1, 0.15) is 0 Å². The number of carbonyl (C=O) groups is 2. The number of benzene rings is 1. The lowest BCUT2D eigenvalue weighted by molar-refractivity contribution is -0.142. The van der Waals surface area contributed by atoms with E-state index in [1.807, 2.05) is 6.07 Å². The van der Waals surface area contributed by atoms with Crippen molar-refractivity contribution in [2.75, 3.05) is 0 Å². The number of hydrogen-bond acceptors (Lipinski definition) is 3. The van der Waals surface area contributed by atoms with E-state index in [0.717, 1.165) is 0 Å². The average Bonchev–Trinajstić information content (AvgIpc) is 2.50. The number of aliphatic carboxylic acids is 2. The van der Waals surface area contributed by atoms with Crippen molar-refractivity contribution in [1.29, 1.82) is 0 Å². The molecular weight excluding hydrogens is 331 g/mol. The van der Waals surface area contributed by atoms with E-state index in [4.69, 9.17) is 5.11 Å². The van der Waals surface area contributed by atoms with Gasteiger partial charge in [0.05, 0.1) is 5.92 Å². The Hall–Kier alpha value is -1.65. The van der Waals surface area contributed by atoms with Gasteiger partial charge in [0, 0.05) is 18.2 Å². The van der Waals surface area contributed by atoms with Crippen molar-refractivity contribution in [3.05, 3.63) is 35.9 Å². The zero-order valence-corrected chi connectivity index (χ0v) is 14.7. The van der Waals surface area contributed by atoms with Crippen LogP contribution < -0.4 is 0 Å². The van der Waals surface area contributed by atoms with E-state index in [9.17, 15) is 24.2 Å². The first kappa shape index (κ1) is 20.4. The summed E-state index contributed by atoms with van der Waals surface area (Å²) in [6.07, 6.45) is 1.89. The molecule has 0 aliphatic carbocycles. The second-order valence-corrected chi connectivity index (χ2v) is 8.72. The van der Waals surface area contributed by atoms with Gasteiger partial charge in [-0.15, -0.1) is 0 Å². The number of carboxylic acids is 2. The molecule has 0 saturated heterocycles. The van der Waals surface area contributed by atoms with Crippen LogP contribution in [0.4, 0.5) is 0 Å². The normalized spacial score (nSPS) is 16.1. The van der Waals surface area contributed by atoms with Gasteiger partial charge in [-0.2, -0.15) is 0 Å². The smallest absolute Gasteiger partial charge is 0.307 e. The van der Waals surface area contributed by atoms with Crippen LogP contribution in [0.25, 0.3) is 0 Å². The van der Waals surface area contributed by atoms with E-state index in [2.05, 4.69) is 0 Å². The Kier molecular flexibility index (Phi) is 8.16. The highest BCUT2D eigenvalue weighted by Gasteiger charge is 2.37. The van der Waals surface area contributed by atoms with Gasteiger partial charge < -0.3 is 15.1 Å². The number of hydrogen-bond donors (Lipinski definition) is 3. The molecule has 0 aliphatic heterocycles. The van der Waals surface area contributed by atoms with E-state index < -0.39 is 30.9 Å². The van der Waals surface area contributed by atoms with Crippen molar-refractivity contribution in [3.8, 4) is 0 Å². The molecule has 6 nitrogen and oxygen atoms in total. The fourth-order valence-electron chi connectivity index (χ4n) is 2.66. The molecule has 1 aromatic rings. The van der Waals surface area contributed by atoms with E-state index in [1.165, 1.54) is 6.92 Å². The molecule has 0 aromatic heterocycles. The second kappa shape index (κ2) is 9.60. The van der Waals surface area contributed by atoms with Crippen LogP contribution in [0.1, 0.15) is 44.6 Å². The van der Waals surface area contributed by atoms with Crippen molar-refractivity contribution >= 4 is 19.3 Å². The average molecular weight is 356 g/mol. The summed E-state index contributed by atoms with van der Waals surface area (Å²) >= 11 is 0. The van der Waals surface area contributed by atoms with Gasteiger partial charge >= 0.3 is 11.9 Å². The first-order valence-corrected chi connectivity index (χ1v) is 9.95. The molecule has 134 valence electrons. The third kappa shape index (κ3) is 6.85. The highest BCUT2D eigenvalue weighted by molar-refractivity contribution is 7.58. The summed E-state index contributed by atoms with van der Waals surface area (Å²) < 4.78 is 12.6. The first-order valence-electron chi connectivity index (χ1n) is 8.04. The molecule has 3 atom stereocenters. The zero-order valence-electron chi connectivity index (χ0n) is 13.8.